The zero-order valence-electron chi connectivity index (χ0n) is 12.3. The van der Waals surface area contributed by atoms with Crippen LogP contribution in [0, 0.1) is 17.0 Å². The summed E-state index contributed by atoms with van der Waals surface area (Å²) in [6.45, 7) is 2.77. The Bertz CT molecular complexity index is 889. The van der Waals surface area contributed by atoms with Crippen LogP contribution < -0.4 is 4.18 Å². The van der Waals surface area contributed by atoms with E-state index in [2.05, 4.69) is 0 Å². The average molecular weight is 335 g/mol. The van der Waals surface area contributed by atoms with Gasteiger partial charge >= 0.3 is 10.1 Å². The number of carbonyl (C=O) groups excluding carboxylic acids is 1. The average Bonchev–Trinajstić information content (AvgIpc) is 2.46. The van der Waals surface area contributed by atoms with Crippen molar-refractivity contribution >= 4 is 21.6 Å². The van der Waals surface area contributed by atoms with E-state index in [-0.39, 0.29) is 22.7 Å². The van der Waals surface area contributed by atoms with Crippen molar-refractivity contribution in [3.8, 4) is 5.75 Å². The van der Waals surface area contributed by atoms with Crippen LogP contribution in [0.15, 0.2) is 47.4 Å². The SMILES string of the molecule is CC(=O)c1cccc(OS(=O)(=O)c2c(C)cccc2[N+](=O)[O-])c1. The fourth-order valence-electron chi connectivity index (χ4n) is 2.04. The molecule has 0 fully saturated rings. The van der Waals surface area contributed by atoms with Crippen LogP contribution in [0.2, 0.25) is 0 Å². The smallest absolute Gasteiger partial charge is 0.346 e. The summed E-state index contributed by atoms with van der Waals surface area (Å²) in [6.07, 6.45) is 0. The van der Waals surface area contributed by atoms with Gasteiger partial charge in [-0.05, 0) is 31.5 Å². The molecule has 2 rings (SSSR count). The van der Waals surface area contributed by atoms with Crippen LogP contribution in [0.4, 0.5) is 5.69 Å². The summed E-state index contributed by atoms with van der Waals surface area (Å²) < 4.78 is 29.8. The zero-order valence-corrected chi connectivity index (χ0v) is 13.2. The van der Waals surface area contributed by atoms with E-state index < -0.39 is 25.6 Å². The van der Waals surface area contributed by atoms with Gasteiger partial charge in [-0.15, -0.1) is 0 Å². The first-order valence-electron chi connectivity index (χ1n) is 6.52. The van der Waals surface area contributed by atoms with Crippen molar-refractivity contribution in [3.05, 3.63) is 63.7 Å². The quantitative estimate of drug-likeness (QED) is 0.360. The molecule has 0 heterocycles. The van der Waals surface area contributed by atoms with E-state index in [4.69, 9.17) is 4.18 Å². The lowest BCUT2D eigenvalue weighted by molar-refractivity contribution is -0.388. The first-order valence-corrected chi connectivity index (χ1v) is 7.92. The Hall–Kier alpha value is -2.74. The fourth-order valence-corrected chi connectivity index (χ4v) is 3.34. The molecule has 0 radical (unpaired) electrons. The molecule has 0 N–H and O–H groups in total. The maximum atomic E-state index is 12.4. The molecule has 0 saturated heterocycles. The normalized spacial score (nSPS) is 11.0. The highest BCUT2D eigenvalue weighted by molar-refractivity contribution is 7.87. The standard InChI is InChI=1S/C15H13NO6S/c1-10-5-3-8-14(16(18)19)15(10)23(20,21)22-13-7-4-6-12(9-13)11(2)17/h3-9H,1-2H3. The van der Waals surface area contributed by atoms with Gasteiger partial charge in [0, 0.05) is 11.6 Å². The van der Waals surface area contributed by atoms with Gasteiger partial charge in [-0.3, -0.25) is 14.9 Å². The number of nitro groups is 1. The van der Waals surface area contributed by atoms with Crippen LogP contribution in [0.1, 0.15) is 22.8 Å². The van der Waals surface area contributed by atoms with Crippen molar-refractivity contribution < 1.29 is 22.3 Å². The third-order valence-corrected chi connectivity index (χ3v) is 4.53. The van der Waals surface area contributed by atoms with Crippen molar-refractivity contribution in [2.45, 2.75) is 18.7 Å². The molecule has 2 aromatic rings. The van der Waals surface area contributed by atoms with Crippen molar-refractivity contribution in [2.24, 2.45) is 0 Å². The highest BCUT2D eigenvalue weighted by atomic mass is 32.2. The third kappa shape index (κ3) is 3.54. The number of rotatable bonds is 5. The maximum Gasteiger partial charge on any atom is 0.346 e. The van der Waals surface area contributed by atoms with Crippen LogP contribution in [0.3, 0.4) is 0 Å². The van der Waals surface area contributed by atoms with E-state index >= 15 is 0 Å². The number of aryl methyl sites for hydroxylation is 1. The third-order valence-electron chi connectivity index (χ3n) is 3.08. The Labute approximate surface area is 132 Å². The van der Waals surface area contributed by atoms with Gasteiger partial charge < -0.3 is 4.18 Å². The van der Waals surface area contributed by atoms with Crippen molar-refractivity contribution in [2.75, 3.05) is 0 Å². The van der Waals surface area contributed by atoms with Crippen LogP contribution >= 0.6 is 0 Å². The van der Waals surface area contributed by atoms with Gasteiger partial charge in [0.15, 0.2) is 10.7 Å². The molecule has 0 spiro atoms. The maximum absolute atomic E-state index is 12.4. The van der Waals surface area contributed by atoms with E-state index in [0.29, 0.717) is 0 Å². The molecule has 2 aromatic carbocycles. The number of hydrogen-bond acceptors (Lipinski definition) is 6. The molecule has 23 heavy (non-hydrogen) atoms. The molecule has 0 aliphatic heterocycles. The molecule has 0 bridgehead atoms. The van der Waals surface area contributed by atoms with Crippen LogP contribution in [-0.2, 0) is 10.1 Å². The lowest BCUT2D eigenvalue weighted by atomic mass is 10.1. The summed E-state index contributed by atoms with van der Waals surface area (Å²) in [5, 5.41) is 11.1. The molecule has 7 nitrogen and oxygen atoms in total. The number of Topliss-reactive ketones (excluding diaryl/α,β-unsaturated/α-hetero) is 1. The Kier molecular flexibility index (Phi) is 4.46. The monoisotopic (exact) mass is 335 g/mol. The van der Waals surface area contributed by atoms with Crippen LogP contribution in [0.25, 0.3) is 0 Å². The molecule has 0 aliphatic rings. The van der Waals surface area contributed by atoms with Crippen molar-refractivity contribution in [1.29, 1.82) is 0 Å². The topological polar surface area (TPSA) is 104 Å². The summed E-state index contributed by atoms with van der Waals surface area (Å²) in [7, 11) is -4.42. The van der Waals surface area contributed by atoms with Gasteiger partial charge in [0.1, 0.15) is 5.75 Å². The van der Waals surface area contributed by atoms with Crippen LogP contribution in [-0.4, -0.2) is 19.1 Å². The molecule has 0 amide bonds. The summed E-state index contributed by atoms with van der Waals surface area (Å²) >= 11 is 0. The fraction of sp³-hybridized carbons (Fsp3) is 0.133. The van der Waals surface area contributed by atoms with Gasteiger partial charge in [0.2, 0.25) is 0 Å². The number of carbonyl (C=O) groups is 1. The van der Waals surface area contributed by atoms with E-state index in [9.17, 15) is 23.3 Å². The minimum absolute atomic E-state index is 0.0877. The van der Waals surface area contributed by atoms with E-state index in [1.165, 1.54) is 50.2 Å². The minimum atomic E-state index is -4.42. The molecule has 0 unspecified atom stereocenters. The van der Waals surface area contributed by atoms with Crippen molar-refractivity contribution in [3.63, 3.8) is 0 Å². The minimum Gasteiger partial charge on any atom is -0.379 e. The number of ketones is 1. The first kappa shape index (κ1) is 16.6. The molecule has 8 heteroatoms. The van der Waals surface area contributed by atoms with Gasteiger partial charge in [-0.1, -0.05) is 24.3 Å². The Morgan fingerprint density at radius 3 is 2.43 bits per heavy atom. The summed E-state index contributed by atoms with van der Waals surface area (Å²) in [6, 6.07) is 9.53. The largest absolute Gasteiger partial charge is 0.379 e. The lowest BCUT2D eigenvalue weighted by Crippen LogP contribution is -2.13. The Balaban J connectivity index is 2.50. The lowest BCUT2D eigenvalue weighted by Gasteiger charge is -2.10. The van der Waals surface area contributed by atoms with E-state index in [1.807, 2.05) is 0 Å². The number of hydrogen-bond donors (Lipinski definition) is 0. The second-order valence-electron chi connectivity index (χ2n) is 4.80. The van der Waals surface area contributed by atoms with Gasteiger partial charge in [0.25, 0.3) is 5.69 Å². The molecular formula is C15H13NO6S. The second kappa shape index (κ2) is 6.17. The van der Waals surface area contributed by atoms with Gasteiger partial charge in [0.05, 0.1) is 4.92 Å². The molecule has 0 aromatic heterocycles. The molecular weight excluding hydrogens is 322 g/mol. The highest BCUT2D eigenvalue weighted by Crippen LogP contribution is 2.29. The first-order chi connectivity index (χ1) is 10.7. The summed E-state index contributed by atoms with van der Waals surface area (Å²) in [5.74, 6) is -0.343. The Morgan fingerprint density at radius 1 is 1.17 bits per heavy atom. The van der Waals surface area contributed by atoms with Crippen molar-refractivity contribution in [1.82, 2.24) is 0 Å². The number of benzene rings is 2. The predicted molar refractivity (Wildman–Crippen MR) is 82.1 cm³/mol. The van der Waals surface area contributed by atoms with E-state index in [0.717, 1.165) is 6.07 Å². The summed E-state index contributed by atoms with van der Waals surface area (Å²) in [4.78, 5) is 21.1. The van der Waals surface area contributed by atoms with Crippen LogP contribution in [0.5, 0.6) is 5.75 Å². The molecule has 0 saturated carbocycles. The number of nitro benzene ring substituents is 1. The second-order valence-corrected chi connectivity index (χ2v) is 6.28. The molecule has 120 valence electrons. The Morgan fingerprint density at radius 2 is 1.83 bits per heavy atom. The molecule has 0 atom stereocenters. The van der Waals surface area contributed by atoms with E-state index in [1.54, 1.807) is 0 Å². The highest BCUT2D eigenvalue weighted by Gasteiger charge is 2.29. The predicted octanol–water partition coefficient (Wildman–Crippen LogP) is 2.87. The number of nitrogens with zero attached hydrogens (tertiary/aromatic N) is 1. The zero-order chi connectivity index (χ0) is 17.2. The van der Waals surface area contributed by atoms with Gasteiger partial charge in [-0.2, -0.15) is 8.42 Å². The van der Waals surface area contributed by atoms with Gasteiger partial charge in [-0.25, -0.2) is 0 Å². The molecule has 0 aliphatic carbocycles. The summed E-state index contributed by atoms with van der Waals surface area (Å²) in [5.41, 5.74) is -0.0911.